The number of Topliss-reactive ketones (excluding diaryl/α,β-unsaturated/α-hetero) is 1. The molecule has 6 heteroatoms. The van der Waals surface area contributed by atoms with Gasteiger partial charge in [0, 0.05) is 18.4 Å². The quantitative estimate of drug-likeness (QED) is 0.825. The zero-order chi connectivity index (χ0) is 19.8. The molecule has 2 heterocycles. The molecule has 1 amide bonds. The van der Waals surface area contributed by atoms with E-state index in [4.69, 9.17) is 4.74 Å². The number of ketones is 1. The maximum absolute atomic E-state index is 13.3. The van der Waals surface area contributed by atoms with Crippen molar-refractivity contribution in [3.8, 4) is 5.75 Å². The Balaban J connectivity index is 1.76. The van der Waals surface area contributed by atoms with Crippen molar-refractivity contribution in [2.75, 3.05) is 23.6 Å². The third-order valence-corrected chi connectivity index (χ3v) is 5.34. The monoisotopic (exact) mass is 377 g/mol. The molecule has 28 heavy (non-hydrogen) atoms. The summed E-state index contributed by atoms with van der Waals surface area (Å²) < 4.78 is 5.33. The van der Waals surface area contributed by atoms with Crippen LogP contribution in [0.3, 0.4) is 0 Å². The van der Waals surface area contributed by atoms with Gasteiger partial charge in [-0.2, -0.15) is 0 Å². The summed E-state index contributed by atoms with van der Waals surface area (Å²) in [6.45, 7) is 4.79. The molecule has 0 radical (unpaired) electrons. The van der Waals surface area contributed by atoms with E-state index < -0.39 is 0 Å². The van der Waals surface area contributed by atoms with Crippen molar-refractivity contribution in [2.45, 2.75) is 26.8 Å². The van der Waals surface area contributed by atoms with Crippen LogP contribution in [-0.4, -0.2) is 25.3 Å². The number of hydrazine groups is 1. The van der Waals surface area contributed by atoms with Gasteiger partial charge < -0.3 is 15.1 Å². The van der Waals surface area contributed by atoms with E-state index in [0.29, 0.717) is 23.4 Å². The first-order chi connectivity index (χ1) is 13.5. The number of hydrogen-bond donors (Lipinski definition) is 1. The van der Waals surface area contributed by atoms with Gasteiger partial charge in [-0.25, -0.2) is 0 Å². The molecule has 6 nitrogen and oxygen atoms in total. The van der Waals surface area contributed by atoms with Crippen molar-refractivity contribution in [1.29, 1.82) is 0 Å². The average Bonchev–Trinajstić information content (AvgIpc) is 3.04. The fraction of sp³-hybridized carbons (Fsp3) is 0.273. The topological polar surface area (TPSA) is 61.9 Å². The second-order valence-corrected chi connectivity index (χ2v) is 7.02. The fourth-order valence-corrected chi connectivity index (χ4v) is 3.97. The van der Waals surface area contributed by atoms with Crippen LogP contribution in [0.15, 0.2) is 42.6 Å². The van der Waals surface area contributed by atoms with E-state index in [1.165, 1.54) is 14.0 Å². The van der Waals surface area contributed by atoms with E-state index >= 15 is 0 Å². The molecule has 0 aromatic heterocycles. The molecule has 2 aromatic rings. The Morgan fingerprint density at radius 2 is 1.96 bits per heavy atom. The van der Waals surface area contributed by atoms with Crippen LogP contribution in [0.4, 0.5) is 11.4 Å². The summed E-state index contributed by atoms with van der Waals surface area (Å²) in [6, 6.07) is 9.59. The summed E-state index contributed by atoms with van der Waals surface area (Å²) in [4.78, 5) is 27.3. The number of nitrogens with zero attached hydrogens (tertiary/aromatic N) is 2. The van der Waals surface area contributed by atoms with Crippen LogP contribution in [0.25, 0.3) is 0 Å². The standard InChI is InChI=1S/C22H23N3O3/c1-14-17(7-6-8-18(14)25-12-5-4-11-23-25)24-13-16-9-10-19(28-3)20(15(2)26)21(16)22(24)27/h4,6-11,23H,5,12-13H2,1-3H3. The van der Waals surface area contributed by atoms with Crippen molar-refractivity contribution in [2.24, 2.45) is 0 Å². The highest BCUT2D eigenvalue weighted by Gasteiger charge is 2.35. The Hall–Kier alpha value is -3.28. The average molecular weight is 377 g/mol. The van der Waals surface area contributed by atoms with E-state index in [0.717, 1.165) is 35.5 Å². The molecule has 144 valence electrons. The molecule has 0 spiro atoms. The van der Waals surface area contributed by atoms with Crippen molar-refractivity contribution in [3.63, 3.8) is 0 Å². The zero-order valence-electron chi connectivity index (χ0n) is 16.3. The molecule has 2 aromatic carbocycles. The zero-order valence-corrected chi connectivity index (χ0v) is 16.3. The van der Waals surface area contributed by atoms with Gasteiger partial charge in [-0.15, -0.1) is 0 Å². The number of anilines is 2. The number of methoxy groups -OCH3 is 1. The van der Waals surface area contributed by atoms with Crippen LogP contribution in [0.5, 0.6) is 5.75 Å². The largest absolute Gasteiger partial charge is 0.496 e. The van der Waals surface area contributed by atoms with E-state index in [2.05, 4.69) is 16.5 Å². The second kappa shape index (κ2) is 7.03. The normalized spacial score (nSPS) is 15.5. The van der Waals surface area contributed by atoms with Gasteiger partial charge in [0.05, 0.1) is 30.5 Å². The molecule has 0 aliphatic carbocycles. The van der Waals surface area contributed by atoms with Crippen LogP contribution >= 0.6 is 0 Å². The number of ether oxygens (including phenoxy) is 1. The first kappa shape index (κ1) is 18.1. The van der Waals surface area contributed by atoms with Crippen LogP contribution in [0.1, 0.15) is 45.2 Å². The summed E-state index contributed by atoms with van der Waals surface area (Å²) in [5.41, 5.74) is 7.82. The fourth-order valence-electron chi connectivity index (χ4n) is 3.97. The van der Waals surface area contributed by atoms with Gasteiger partial charge in [-0.05, 0) is 49.6 Å². The lowest BCUT2D eigenvalue weighted by molar-refractivity contribution is 0.0970. The number of amides is 1. The van der Waals surface area contributed by atoms with E-state index in [-0.39, 0.29) is 11.7 Å². The van der Waals surface area contributed by atoms with Crippen LogP contribution < -0.4 is 20.1 Å². The number of hydrogen-bond acceptors (Lipinski definition) is 5. The Kier molecular flexibility index (Phi) is 4.55. The number of carbonyl (C=O) groups is 2. The van der Waals surface area contributed by atoms with Crippen LogP contribution in [-0.2, 0) is 6.54 Å². The van der Waals surface area contributed by atoms with Gasteiger partial charge in [0.1, 0.15) is 5.75 Å². The summed E-state index contributed by atoms with van der Waals surface area (Å²) in [7, 11) is 1.51. The van der Waals surface area contributed by atoms with Gasteiger partial charge in [0.15, 0.2) is 5.78 Å². The highest BCUT2D eigenvalue weighted by atomic mass is 16.5. The lowest BCUT2D eigenvalue weighted by atomic mass is 9.99. The van der Waals surface area contributed by atoms with E-state index in [1.54, 1.807) is 11.0 Å². The van der Waals surface area contributed by atoms with E-state index in [1.807, 2.05) is 37.4 Å². The molecular formula is C22H23N3O3. The maximum Gasteiger partial charge on any atom is 0.259 e. The smallest absolute Gasteiger partial charge is 0.259 e. The molecule has 0 saturated carbocycles. The number of benzene rings is 2. The predicted octanol–water partition coefficient (Wildman–Crippen LogP) is 3.60. The first-order valence-electron chi connectivity index (χ1n) is 9.34. The minimum atomic E-state index is -0.168. The summed E-state index contributed by atoms with van der Waals surface area (Å²) >= 11 is 0. The summed E-state index contributed by atoms with van der Waals surface area (Å²) in [5, 5.41) is 2.08. The molecular weight excluding hydrogens is 354 g/mol. The Morgan fingerprint density at radius 3 is 2.64 bits per heavy atom. The minimum absolute atomic E-state index is 0.161. The number of fused-ring (bicyclic) bond motifs is 1. The van der Waals surface area contributed by atoms with Crippen LogP contribution in [0.2, 0.25) is 0 Å². The second-order valence-electron chi connectivity index (χ2n) is 7.02. The van der Waals surface area contributed by atoms with Crippen molar-refractivity contribution in [3.05, 3.63) is 64.9 Å². The van der Waals surface area contributed by atoms with Gasteiger partial charge in [-0.1, -0.05) is 18.2 Å². The van der Waals surface area contributed by atoms with Gasteiger partial charge in [0.25, 0.3) is 5.91 Å². The minimum Gasteiger partial charge on any atom is -0.496 e. The summed E-state index contributed by atoms with van der Waals surface area (Å²) in [5.74, 6) is 0.112. The highest BCUT2D eigenvalue weighted by Crippen LogP contribution is 2.38. The van der Waals surface area contributed by atoms with Gasteiger partial charge in [0.2, 0.25) is 0 Å². The number of carbonyl (C=O) groups excluding carboxylic acids is 2. The lowest BCUT2D eigenvalue weighted by Gasteiger charge is -2.30. The van der Waals surface area contributed by atoms with Crippen molar-refractivity contribution < 1.29 is 14.3 Å². The molecule has 1 N–H and O–H groups in total. The Labute approximate surface area is 164 Å². The van der Waals surface area contributed by atoms with Crippen molar-refractivity contribution >= 4 is 23.1 Å². The summed E-state index contributed by atoms with van der Waals surface area (Å²) in [6.07, 6.45) is 4.98. The van der Waals surface area contributed by atoms with Crippen LogP contribution in [0, 0.1) is 6.92 Å². The molecule has 0 unspecified atom stereocenters. The molecule has 2 aliphatic heterocycles. The highest BCUT2D eigenvalue weighted by molar-refractivity contribution is 6.17. The Bertz CT molecular complexity index is 997. The molecule has 0 bridgehead atoms. The van der Waals surface area contributed by atoms with Gasteiger partial charge in [-0.3, -0.25) is 14.6 Å². The molecule has 2 aliphatic rings. The maximum atomic E-state index is 13.3. The Morgan fingerprint density at radius 1 is 1.18 bits per heavy atom. The molecule has 0 atom stereocenters. The number of nitrogens with one attached hydrogen (secondary N) is 1. The molecule has 0 saturated heterocycles. The first-order valence-corrected chi connectivity index (χ1v) is 9.34. The third kappa shape index (κ3) is 2.81. The predicted molar refractivity (Wildman–Crippen MR) is 109 cm³/mol. The molecule has 4 rings (SSSR count). The lowest BCUT2D eigenvalue weighted by Crippen LogP contribution is -2.38. The third-order valence-electron chi connectivity index (χ3n) is 5.34. The van der Waals surface area contributed by atoms with Gasteiger partial charge >= 0.3 is 0 Å². The SMILES string of the molecule is COc1ccc2c(c1C(C)=O)C(=O)N(c1cccc(N3CCC=CN3)c1C)C2. The number of rotatable bonds is 4. The van der Waals surface area contributed by atoms with Crippen molar-refractivity contribution in [1.82, 2.24) is 5.43 Å². The molecule has 0 fully saturated rings. The van der Waals surface area contributed by atoms with E-state index in [9.17, 15) is 9.59 Å².